The van der Waals surface area contributed by atoms with E-state index in [0.717, 1.165) is 25.0 Å². The summed E-state index contributed by atoms with van der Waals surface area (Å²) in [5, 5.41) is 3.69. The molecule has 0 atom stereocenters. The molecule has 1 N–H and O–H groups in total. The highest BCUT2D eigenvalue weighted by Gasteiger charge is 2.38. The van der Waals surface area contributed by atoms with E-state index in [1.807, 2.05) is 7.05 Å². The summed E-state index contributed by atoms with van der Waals surface area (Å²) in [5.41, 5.74) is 0. The number of rotatable bonds is 2. The Morgan fingerprint density at radius 3 is 2.61 bits per heavy atom. The van der Waals surface area contributed by atoms with Crippen LogP contribution in [-0.4, -0.2) is 73.1 Å². The third-order valence-electron chi connectivity index (χ3n) is 5.91. The maximum absolute atomic E-state index is 4.60. The lowest BCUT2D eigenvalue weighted by atomic mass is 9.87. The van der Waals surface area contributed by atoms with Gasteiger partial charge in [-0.3, -0.25) is 4.99 Å². The van der Waals surface area contributed by atoms with E-state index in [2.05, 4.69) is 38.9 Å². The summed E-state index contributed by atoms with van der Waals surface area (Å²) in [5.74, 6) is 3.22. The molecule has 3 fully saturated rings. The zero-order valence-electron chi connectivity index (χ0n) is 15.0. The summed E-state index contributed by atoms with van der Waals surface area (Å²) >= 11 is 2.23. The molecule has 0 aromatic heterocycles. The lowest BCUT2D eigenvalue weighted by Crippen LogP contribution is -2.54. The third kappa shape index (κ3) is 4.56. The van der Waals surface area contributed by atoms with Gasteiger partial charge in [0.2, 0.25) is 0 Å². The number of hydrogen-bond acceptors (Lipinski definition) is 3. The highest BCUT2D eigenvalue weighted by atomic mass is 32.2. The SMILES string of the molecule is CN=C(NCC1CCN(C)CC1)N1CCSC2(CCCCC2)C1. The predicted octanol–water partition coefficient (Wildman–Crippen LogP) is 2.66. The number of aliphatic imine (C=N–C) groups is 1. The van der Waals surface area contributed by atoms with E-state index in [4.69, 9.17) is 0 Å². The average Bonchev–Trinajstić information content (AvgIpc) is 2.58. The number of nitrogens with zero attached hydrogens (tertiary/aromatic N) is 3. The van der Waals surface area contributed by atoms with Crippen LogP contribution < -0.4 is 5.32 Å². The maximum Gasteiger partial charge on any atom is 0.193 e. The topological polar surface area (TPSA) is 30.9 Å². The van der Waals surface area contributed by atoms with Crippen LogP contribution in [-0.2, 0) is 0 Å². The van der Waals surface area contributed by atoms with Crippen molar-refractivity contribution in [2.24, 2.45) is 10.9 Å². The summed E-state index contributed by atoms with van der Waals surface area (Å²) < 4.78 is 0.516. The van der Waals surface area contributed by atoms with Crippen molar-refractivity contribution in [3.8, 4) is 0 Å². The van der Waals surface area contributed by atoms with Crippen molar-refractivity contribution in [2.45, 2.75) is 49.7 Å². The molecule has 0 aromatic rings. The lowest BCUT2D eigenvalue weighted by molar-refractivity contribution is 0.218. The lowest BCUT2D eigenvalue weighted by Gasteiger charge is -2.45. The number of likely N-dealkylation sites (tertiary alicyclic amines) is 1. The van der Waals surface area contributed by atoms with Gasteiger partial charge in [0, 0.05) is 37.2 Å². The highest BCUT2D eigenvalue weighted by Crippen LogP contribution is 2.42. The standard InChI is InChI=1S/C18H34N4S/c1-19-17(20-14-16-6-10-21(2)11-7-16)22-12-13-23-18(15-22)8-4-3-5-9-18/h16H,3-15H2,1-2H3,(H,19,20). The fraction of sp³-hybridized carbons (Fsp3) is 0.944. The van der Waals surface area contributed by atoms with E-state index >= 15 is 0 Å². The van der Waals surface area contributed by atoms with E-state index < -0.39 is 0 Å². The molecule has 0 radical (unpaired) electrons. The van der Waals surface area contributed by atoms with Gasteiger partial charge in [-0.2, -0.15) is 11.8 Å². The van der Waals surface area contributed by atoms with Crippen LogP contribution in [0, 0.1) is 5.92 Å². The van der Waals surface area contributed by atoms with Gasteiger partial charge >= 0.3 is 0 Å². The van der Waals surface area contributed by atoms with Crippen molar-refractivity contribution in [1.29, 1.82) is 0 Å². The Bertz CT molecular complexity index is 392. The normalized spacial score (nSPS) is 27.4. The van der Waals surface area contributed by atoms with Crippen LogP contribution in [0.2, 0.25) is 0 Å². The van der Waals surface area contributed by atoms with Gasteiger partial charge < -0.3 is 15.1 Å². The Balaban J connectivity index is 1.51. The van der Waals surface area contributed by atoms with Crippen LogP contribution in [0.1, 0.15) is 44.9 Å². The Hall–Kier alpha value is -0.420. The summed E-state index contributed by atoms with van der Waals surface area (Å²) in [7, 11) is 4.18. The van der Waals surface area contributed by atoms with E-state index in [-0.39, 0.29) is 0 Å². The first-order chi connectivity index (χ1) is 11.2. The van der Waals surface area contributed by atoms with Gasteiger partial charge in [-0.25, -0.2) is 0 Å². The molecule has 0 aromatic carbocycles. The molecule has 1 spiro atoms. The molecular formula is C18H34N4S. The molecule has 2 aliphatic heterocycles. The quantitative estimate of drug-likeness (QED) is 0.619. The van der Waals surface area contributed by atoms with Crippen molar-refractivity contribution in [1.82, 2.24) is 15.1 Å². The average molecular weight is 339 g/mol. The van der Waals surface area contributed by atoms with Crippen LogP contribution in [0.5, 0.6) is 0 Å². The van der Waals surface area contributed by atoms with Crippen LogP contribution in [0.4, 0.5) is 0 Å². The molecule has 2 heterocycles. The molecule has 1 aliphatic carbocycles. The minimum atomic E-state index is 0.516. The second kappa shape index (κ2) is 8.11. The monoisotopic (exact) mass is 338 g/mol. The van der Waals surface area contributed by atoms with Gasteiger partial charge in [0.15, 0.2) is 5.96 Å². The molecule has 0 amide bonds. The van der Waals surface area contributed by atoms with Crippen molar-refractivity contribution < 1.29 is 0 Å². The van der Waals surface area contributed by atoms with Gasteiger partial charge in [-0.05, 0) is 51.7 Å². The smallest absolute Gasteiger partial charge is 0.193 e. The van der Waals surface area contributed by atoms with E-state index in [0.29, 0.717) is 4.75 Å². The molecule has 1 saturated carbocycles. The number of thioether (sulfide) groups is 1. The molecule has 132 valence electrons. The Kier molecular flexibility index (Phi) is 6.13. The summed E-state index contributed by atoms with van der Waals surface area (Å²) in [6, 6.07) is 0. The summed E-state index contributed by atoms with van der Waals surface area (Å²) in [6.45, 7) is 5.93. The van der Waals surface area contributed by atoms with Crippen molar-refractivity contribution in [2.75, 3.05) is 52.6 Å². The Morgan fingerprint density at radius 1 is 1.17 bits per heavy atom. The van der Waals surface area contributed by atoms with Gasteiger partial charge in [-0.15, -0.1) is 0 Å². The number of nitrogens with one attached hydrogen (secondary N) is 1. The summed E-state index contributed by atoms with van der Waals surface area (Å²) in [6.07, 6.45) is 9.72. The Morgan fingerprint density at radius 2 is 1.91 bits per heavy atom. The molecule has 3 aliphatic rings. The predicted molar refractivity (Wildman–Crippen MR) is 101 cm³/mol. The molecule has 3 rings (SSSR count). The first-order valence-corrected chi connectivity index (χ1v) is 10.5. The third-order valence-corrected chi connectivity index (χ3v) is 7.45. The van der Waals surface area contributed by atoms with Crippen LogP contribution in [0.25, 0.3) is 0 Å². The number of hydrogen-bond donors (Lipinski definition) is 1. The number of guanidine groups is 1. The van der Waals surface area contributed by atoms with E-state index in [1.165, 1.54) is 70.3 Å². The first-order valence-electron chi connectivity index (χ1n) is 9.49. The first kappa shape index (κ1) is 17.4. The van der Waals surface area contributed by atoms with Crippen LogP contribution >= 0.6 is 11.8 Å². The van der Waals surface area contributed by atoms with E-state index in [9.17, 15) is 0 Å². The van der Waals surface area contributed by atoms with Crippen LogP contribution in [0.3, 0.4) is 0 Å². The zero-order valence-corrected chi connectivity index (χ0v) is 15.8. The van der Waals surface area contributed by atoms with Gasteiger partial charge in [0.25, 0.3) is 0 Å². The van der Waals surface area contributed by atoms with Crippen LogP contribution in [0.15, 0.2) is 4.99 Å². The second-order valence-corrected chi connectivity index (χ2v) is 9.25. The maximum atomic E-state index is 4.60. The molecular weight excluding hydrogens is 304 g/mol. The van der Waals surface area contributed by atoms with Gasteiger partial charge in [-0.1, -0.05) is 19.3 Å². The largest absolute Gasteiger partial charge is 0.356 e. The van der Waals surface area contributed by atoms with Gasteiger partial charge in [0.05, 0.1) is 0 Å². The molecule has 2 saturated heterocycles. The van der Waals surface area contributed by atoms with Gasteiger partial charge in [0.1, 0.15) is 0 Å². The zero-order chi connectivity index (χ0) is 16.1. The highest BCUT2D eigenvalue weighted by molar-refractivity contribution is 8.00. The minimum absolute atomic E-state index is 0.516. The number of piperidine rings is 1. The fourth-order valence-electron chi connectivity index (χ4n) is 4.36. The molecule has 5 heteroatoms. The van der Waals surface area contributed by atoms with Crippen molar-refractivity contribution in [3.05, 3.63) is 0 Å². The minimum Gasteiger partial charge on any atom is -0.356 e. The molecule has 0 unspecified atom stereocenters. The van der Waals surface area contributed by atoms with Crippen molar-refractivity contribution >= 4 is 17.7 Å². The van der Waals surface area contributed by atoms with Crippen molar-refractivity contribution in [3.63, 3.8) is 0 Å². The molecule has 23 heavy (non-hydrogen) atoms. The second-order valence-electron chi connectivity index (χ2n) is 7.69. The van der Waals surface area contributed by atoms with E-state index in [1.54, 1.807) is 0 Å². The Labute approximate surface area is 146 Å². The molecule has 4 nitrogen and oxygen atoms in total. The molecule has 0 bridgehead atoms. The fourth-order valence-corrected chi connectivity index (χ4v) is 5.93. The summed E-state index contributed by atoms with van der Waals surface area (Å²) in [4.78, 5) is 9.58.